The van der Waals surface area contributed by atoms with Gasteiger partial charge in [-0.3, -0.25) is 0 Å². The van der Waals surface area contributed by atoms with Crippen LogP contribution in [-0.4, -0.2) is 37.0 Å². The molecule has 1 unspecified atom stereocenters. The van der Waals surface area contributed by atoms with Crippen molar-refractivity contribution in [2.45, 2.75) is 32.8 Å². The molecule has 0 saturated heterocycles. The molecule has 0 rings (SSSR count). The Bertz CT molecular complexity index is 167. The Kier molecular flexibility index (Phi) is 6.79. The highest BCUT2D eigenvalue weighted by molar-refractivity contribution is 4.87. The maximum Gasteiger partial charge on any atom is 0.0741 e. The number of ether oxygens (including phenoxy) is 1. The van der Waals surface area contributed by atoms with Gasteiger partial charge in [-0.15, -0.1) is 0 Å². The molecular weight excluding hydrogens is 178 g/mol. The van der Waals surface area contributed by atoms with Crippen molar-refractivity contribution in [3.05, 3.63) is 12.2 Å². The standard InChI is InChI=1S/C11H23NO2/c1-5-11(4,13)9-12-6-7-14-8-10(2)3/h12-13H,2,5-9H2,1,3-4H3. The van der Waals surface area contributed by atoms with Crippen LogP contribution >= 0.6 is 0 Å². The fourth-order valence-corrected chi connectivity index (χ4v) is 0.873. The molecule has 0 heterocycles. The number of hydrogen-bond donors (Lipinski definition) is 2. The lowest BCUT2D eigenvalue weighted by atomic mass is 10.0. The van der Waals surface area contributed by atoms with Crippen LogP contribution in [0.25, 0.3) is 0 Å². The molecule has 0 fully saturated rings. The lowest BCUT2D eigenvalue weighted by Gasteiger charge is -2.21. The number of nitrogens with one attached hydrogen (secondary N) is 1. The van der Waals surface area contributed by atoms with Gasteiger partial charge < -0.3 is 15.2 Å². The minimum Gasteiger partial charge on any atom is -0.389 e. The molecule has 0 bridgehead atoms. The average molecular weight is 201 g/mol. The Balaban J connectivity index is 3.25. The van der Waals surface area contributed by atoms with E-state index in [9.17, 15) is 5.11 Å². The van der Waals surface area contributed by atoms with Crippen molar-refractivity contribution in [2.75, 3.05) is 26.3 Å². The van der Waals surface area contributed by atoms with Gasteiger partial charge in [-0.05, 0) is 20.3 Å². The fraction of sp³-hybridized carbons (Fsp3) is 0.818. The first-order valence-corrected chi connectivity index (χ1v) is 5.13. The summed E-state index contributed by atoms with van der Waals surface area (Å²) >= 11 is 0. The van der Waals surface area contributed by atoms with Gasteiger partial charge in [-0.25, -0.2) is 0 Å². The lowest BCUT2D eigenvalue weighted by Crippen LogP contribution is -2.38. The second-order valence-corrected chi connectivity index (χ2v) is 4.04. The first kappa shape index (κ1) is 13.6. The summed E-state index contributed by atoms with van der Waals surface area (Å²) in [4.78, 5) is 0. The summed E-state index contributed by atoms with van der Waals surface area (Å²) in [7, 11) is 0. The van der Waals surface area contributed by atoms with E-state index in [1.807, 2.05) is 20.8 Å². The first-order chi connectivity index (χ1) is 6.48. The molecule has 0 spiro atoms. The maximum atomic E-state index is 9.65. The van der Waals surface area contributed by atoms with Gasteiger partial charge in [0, 0.05) is 13.1 Å². The monoisotopic (exact) mass is 201 g/mol. The Labute approximate surface area is 87.2 Å². The van der Waals surface area contributed by atoms with Gasteiger partial charge in [0.15, 0.2) is 0 Å². The van der Waals surface area contributed by atoms with Crippen molar-refractivity contribution in [3.8, 4) is 0 Å². The number of hydrogen-bond acceptors (Lipinski definition) is 3. The Hall–Kier alpha value is -0.380. The van der Waals surface area contributed by atoms with Crippen LogP contribution in [0.2, 0.25) is 0 Å². The zero-order chi connectivity index (χ0) is 11.0. The maximum absolute atomic E-state index is 9.65. The predicted molar refractivity (Wildman–Crippen MR) is 59.4 cm³/mol. The van der Waals surface area contributed by atoms with E-state index in [1.54, 1.807) is 0 Å². The minimum absolute atomic E-state index is 0.603. The molecule has 0 amide bonds. The fourth-order valence-electron chi connectivity index (χ4n) is 0.873. The summed E-state index contributed by atoms with van der Waals surface area (Å²) in [6.45, 7) is 12.1. The highest BCUT2D eigenvalue weighted by Crippen LogP contribution is 2.05. The molecule has 0 aromatic heterocycles. The van der Waals surface area contributed by atoms with E-state index in [-0.39, 0.29) is 0 Å². The van der Waals surface area contributed by atoms with Crippen LogP contribution in [0.5, 0.6) is 0 Å². The summed E-state index contributed by atoms with van der Waals surface area (Å²) in [5, 5.41) is 12.8. The SMILES string of the molecule is C=C(C)COCCNCC(C)(O)CC. The largest absolute Gasteiger partial charge is 0.389 e. The van der Waals surface area contributed by atoms with Crippen molar-refractivity contribution in [1.82, 2.24) is 5.32 Å². The van der Waals surface area contributed by atoms with E-state index in [0.717, 1.165) is 18.5 Å². The third-order valence-electron chi connectivity index (χ3n) is 2.04. The van der Waals surface area contributed by atoms with Crippen molar-refractivity contribution >= 4 is 0 Å². The Morgan fingerprint density at radius 3 is 2.71 bits per heavy atom. The molecule has 1 atom stereocenters. The third kappa shape index (κ3) is 8.23. The number of aliphatic hydroxyl groups is 1. The smallest absolute Gasteiger partial charge is 0.0741 e. The van der Waals surface area contributed by atoms with Crippen LogP contribution in [0.4, 0.5) is 0 Å². The molecule has 0 aliphatic heterocycles. The second-order valence-electron chi connectivity index (χ2n) is 4.04. The lowest BCUT2D eigenvalue weighted by molar-refractivity contribution is 0.0531. The van der Waals surface area contributed by atoms with E-state index in [2.05, 4.69) is 11.9 Å². The van der Waals surface area contributed by atoms with Crippen molar-refractivity contribution in [3.63, 3.8) is 0 Å². The predicted octanol–water partition coefficient (Wildman–Crippen LogP) is 1.33. The van der Waals surface area contributed by atoms with E-state index in [4.69, 9.17) is 4.74 Å². The van der Waals surface area contributed by atoms with Crippen LogP contribution in [0.1, 0.15) is 27.2 Å². The van der Waals surface area contributed by atoms with Gasteiger partial charge >= 0.3 is 0 Å². The molecule has 0 aliphatic carbocycles. The van der Waals surface area contributed by atoms with Gasteiger partial charge in [-0.1, -0.05) is 19.1 Å². The van der Waals surface area contributed by atoms with Crippen LogP contribution in [-0.2, 0) is 4.74 Å². The molecule has 0 aliphatic rings. The van der Waals surface area contributed by atoms with Crippen LogP contribution in [0, 0.1) is 0 Å². The van der Waals surface area contributed by atoms with Crippen LogP contribution in [0.3, 0.4) is 0 Å². The molecule has 0 saturated carbocycles. The van der Waals surface area contributed by atoms with Crippen molar-refractivity contribution < 1.29 is 9.84 Å². The van der Waals surface area contributed by atoms with E-state index >= 15 is 0 Å². The molecule has 0 radical (unpaired) electrons. The summed E-state index contributed by atoms with van der Waals surface area (Å²) in [5.74, 6) is 0. The highest BCUT2D eigenvalue weighted by atomic mass is 16.5. The van der Waals surface area contributed by atoms with Crippen molar-refractivity contribution in [2.24, 2.45) is 0 Å². The molecule has 3 heteroatoms. The highest BCUT2D eigenvalue weighted by Gasteiger charge is 2.15. The molecular formula is C11H23NO2. The van der Waals surface area contributed by atoms with Crippen LogP contribution < -0.4 is 5.32 Å². The van der Waals surface area contributed by atoms with E-state index in [0.29, 0.717) is 19.8 Å². The molecule has 0 aromatic carbocycles. The average Bonchev–Trinajstić information content (AvgIpc) is 2.10. The summed E-state index contributed by atoms with van der Waals surface area (Å²) < 4.78 is 5.30. The normalized spacial score (nSPS) is 15.1. The van der Waals surface area contributed by atoms with Crippen molar-refractivity contribution in [1.29, 1.82) is 0 Å². The quantitative estimate of drug-likeness (QED) is 0.460. The van der Waals surface area contributed by atoms with E-state index < -0.39 is 5.60 Å². The van der Waals surface area contributed by atoms with E-state index in [1.165, 1.54) is 0 Å². The zero-order valence-corrected chi connectivity index (χ0v) is 9.60. The second kappa shape index (κ2) is 6.98. The van der Waals surface area contributed by atoms with Gasteiger partial charge in [0.25, 0.3) is 0 Å². The van der Waals surface area contributed by atoms with Gasteiger partial charge in [0.1, 0.15) is 0 Å². The topological polar surface area (TPSA) is 41.5 Å². The summed E-state index contributed by atoms with van der Waals surface area (Å²) in [6, 6.07) is 0. The Morgan fingerprint density at radius 2 is 2.21 bits per heavy atom. The summed E-state index contributed by atoms with van der Waals surface area (Å²) in [6.07, 6.45) is 0.757. The molecule has 2 N–H and O–H groups in total. The molecule has 84 valence electrons. The molecule has 0 aromatic rings. The molecule has 3 nitrogen and oxygen atoms in total. The molecule has 14 heavy (non-hydrogen) atoms. The van der Waals surface area contributed by atoms with Gasteiger partial charge in [0.05, 0.1) is 18.8 Å². The van der Waals surface area contributed by atoms with Crippen LogP contribution in [0.15, 0.2) is 12.2 Å². The third-order valence-corrected chi connectivity index (χ3v) is 2.04. The van der Waals surface area contributed by atoms with Gasteiger partial charge in [0.2, 0.25) is 0 Å². The zero-order valence-electron chi connectivity index (χ0n) is 9.60. The summed E-state index contributed by atoms with van der Waals surface area (Å²) in [5.41, 5.74) is 0.430. The number of rotatable bonds is 8. The Morgan fingerprint density at radius 1 is 1.57 bits per heavy atom. The van der Waals surface area contributed by atoms with Gasteiger partial charge in [-0.2, -0.15) is 0 Å². The first-order valence-electron chi connectivity index (χ1n) is 5.13. The minimum atomic E-state index is -0.603.